The number of pyridine rings is 1. The molecule has 24 heavy (non-hydrogen) atoms. The molecule has 5 heteroatoms. The number of nitrogens with zero attached hydrogens (tertiary/aromatic N) is 1. The number of anilines is 3. The molecule has 1 heterocycles. The number of carbonyl (C=O) groups is 2. The molecule has 0 saturated heterocycles. The molecule has 0 radical (unpaired) electrons. The number of hydrogen-bond acceptors (Lipinski definition) is 4. The summed E-state index contributed by atoms with van der Waals surface area (Å²) in [6, 6.07) is 10.9. The van der Waals surface area contributed by atoms with E-state index < -0.39 is 0 Å². The average molecular weight is 325 g/mol. The highest BCUT2D eigenvalue weighted by Gasteiger charge is 2.14. The van der Waals surface area contributed by atoms with Gasteiger partial charge in [0.15, 0.2) is 5.78 Å². The Morgan fingerprint density at radius 3 is 2.12 bits per heavy atom. The molecule has 0 aliphatic heterocycles. The van der Waals surface area contributed by atoms with Crippen LogP contribution in [0, 0.1) is 5.92 Å². The van der Waals surface area contributed by atoms with E-state index in [1.165, 1.54) is 0 Å². The molecule has 1 aromatic carbocycles. The zero-order valence-corrected chi connectivity index (χ0v) is 14.3. The van der Waals surface area contributed by atoms with Gasteiger partial charge in [0.1, 0.15) is 5.82 Å². The van der Waals surface area contributed by atoms with Crippen LogP contribution < -0.4 is 10.6 Å². The van der Waals surface area contributed by atoms with Crippen LogP contribution in [-0.4, -0.2) is 16.7 Å². The predicted octanol–water partition coefficient (Wildman–Crippen LogP) is 4.40. The van der Waals surface area contributed by atoms with Crippen LogP contribution in [0.25, 0.3) is 0 Å². The zero-order chi connectivity index (χ0) is 17.5. The summed E-state index contributed by atoms with van der Waals surface area (Å²) in [6.45, 7) is 5.55. The second kappa shape index (κ2) is 8.24. The Morgan fingerprint density at radius 1 is 1.00 bits per heavy atom. The minimum absolute atomic E-state index is 0.00744. The monoisotopic (exact) mass is 325 g/mol. The Hall–Kier alpha value is -2.69. The lowest BCUT2D eigenvalue weighted by molar-refractivity contribution is -0.120. The van der Waals surface area contributed by atoms with Gasteiger partial charge in [-0.1, -0.05) is 13.8 Å². The Bertz CT molecular complexity index is 690. The summed E-state index contributed by atoms with van der Waals surface area (Å²) < 4.78 is 0. The first-order valence-electron chi connectivity index (χ1n) is 8.18. The maximum atomic E-state index is 12.0. The van der Waals surface area contributed by atoms with E-state index in [1.807, 2.05) is 32.0 Å². The third kappa shape index (κ3) is 4.65. The van der Waals surface area contributed by atoms with Crippen molar-refractivity contribution < 1.29 is 9.59 Å². The van der Waals surface area contributed by atoms with Crippen LogP contribution in [0.2, 0.25) is 0 Å². The maximum Gasteiger partial charge on any atom is 0.228 e. The Morgan fingerprint density at radius 2 is 1.62 bits per heavy atom. The zero-order valence-electron chi connectivity index (χ0n) is 14.3. The molecule has 0 bridgehead atoms. The third-order valence-electron chi connectivity index (χ3n) is 3.95. The van der Waals surface area contributed by atoms with Gasteiger partial charge >= 0.3 is 0 Å². The van der Waals surface area contributed by atoms with E-state index >= 15 is 0 Å². The van der Waals surface area contributed by atoms with Gasteiger partial charge in [0.05, 0.1) is 11.9 Å². The summed E-state index contributed by atoms with van der Waals surface area (Å²) >= 11 is 0. The average Bonchev–Trinajstić information content (AvgIpc) is 2.58. The van der Waals surface area contributed by atoms with E-state index in [-0.39, 0.29) is 17.6 Å². The van der Waals surface area contributed by atoms with Crippen molar-refractivity contribution in [2.45, 2.75) is 33.6 Å². The largest absolute Gasteiger partial charge is 0.354 e. The molecule has 5 nitrogen and oxygen atoms in total. The summed E-state index contributed by atoms with van der Waals surface area (Å²) in [5.74, 6) is 0.613. The molecule has 0 spiro atoms. The van der Waals surface area contributed by atoms with Crippen LogP contribution in [0.3, 0.4) is 0 Å². The highest BCUT2D eigenvalue weighted by molar-refractivity contribution is 5.94. The van der Waals surface area contributed by atoms with Crippen LogP contribution in [0.1, 0.15) is 44.0 Å². The van der Waals surface area contributed by atoms with Gasteiger partial charge < -0.3 is 10.6 Å². The molecule has 0 aliphatic carbocycles. The van der Waals surface area contributed by atoms with Gasteiger partial charge in [-0.15, -0.1) is 0 Å². The Kier molecular flexibility index (Phi) is 6.07. The van der Waals surface area contributed by atoms with Gasteiger partial charge in [-0.05, 0) is 56.2 Å². The molecule has 0 unspecified atom stereocenters. The fraction of sp³-hybridized carbons (Fsp3) is 0.316. The van der Waals surface area contributed by atoms with Gasteiger partial charge in [0.25, 0.3) is 0 Å². The molecule has 126 valence electrons. The first-order chi connectivity index (χ1) is 11.5. The number of carbonyl (C=O) groups excluding carboxylic acids is 2. The van der Waals surface area contributed by atoms with Gasteiger partial charge in [-0.25, -0.2) is 4.98 Å². The highest BCUT2D eigenvalue weighted by atomic mass is 16.2. The summed E-state index contributed by atoms with van der Waals surface area (Å²) in [6.07, 6.45) is 3.30. The molecule has 2 aromatic rings. The number of benzene rings is 1. The fourth-order valence-electron chi connectivity index (χ4n) is 2.38. The van der Waals surface area contributed by atoms with Crippen LogP contribution in [0.5, 0.6) is 0 Å². The van der Waals surface area contributed by atoms with Crippen LogP contribution in [0.4, 0.5) is 17.2 Å². The summed E-state index contributed by atoms with van der Waals surface area (Å²) in [7, 11) is 0. The number of amides is 1. The number of nitrogens with one attached hydrogen (secondary N) is 2. The molecule has 1 aromatic heterocycles. The van der Waals surface area contributed by atoms with E-state index in [1.54, 1.807) is 31.3 Å². The van der Waals surface area contributed by atoms with E-state index in [9.17, 15) is 9.59 Å². The minimum atomic E-state index is 0.00744. The normalized spacial score (nSPS) is 10.5. The lowest BCUT2D eigenvalue weighted by Crippen LogP contribution is -2.22. The Labute approximate surface area is 142 Å². The highest BCUT2D eigenvalue weighted by Crippen LogP contribution is 2.18. The van der Waals surface area contributed by atoms with Gasteiger partial charge in [-0.3, -0.25) is 9.59 Å². The molecular formula is C19H23N3O2. The molecule has 2 N–H and O–H groups in total. The summed E-state index contributed by atoms with van der Waals surface area (Å²) in [4.78, 5) is 27.6. The SMILES string of the molecule is CCC(CC)C(=O)Nc1ccc(Nc2ccc(C(C)=O)cc2)cn1. The van der Waals surface area contributed by atoms with Crippen LogP contribution >= 0.6 is 0 Å². The fourth-order valence-corrected chi connectivity index (χ4v) is 2.38. The smallest absolute Gasteiger partial charge is 0.228 e. The molecular weight excluding hydrogens is 302 g/mol. The van der Waals surface area contributed by atoms with E-state index in [4.69, 9.17) is 0 Å². The van der Waals surface area contributed by atoms with Crippen molar-refractivity contribution >= 4 is 28.9 Å². The number of ketones is 1. The third-order valence-corrected chi connectivity index (χ3v) is 3.95. The standard InChI is InChI=1S/C19H23N3O2/c1-4-14(5-2)19(24)22-18-11-10-17(12-20-18)21-16-8-6-15(7-9-16)13(3)23/h6-12,14,21H,4-5H2,1-3H3,(H,20,22,24). The predicted molar refractivity (Wildman–Crippen MR) is 96.7 cm³/mol. The van der Waals surface area contributed by atoms with Crippen molar-refractivity contribution in [3.63, 3.8) is 0 Å². The van der Waals surface area contributed by atoms with E-state index in [0.29, 0.717) is 11.4 Å². The number of rotatable bonds is 7. The maximum absolute atomic E-state index is 12.0. The van der Waals surface area contributed by atoms with Crippen molar-refractivity contribution in [2.24, 2.45) is 5.92 Å². The lowest BCUT2D eigenvalue weighted by atomic mass is 10.0. The first-order valence-corrected chi connectivity index (χ1v) is 8.18. The molecule has 0 fully saturated rings. The van der Waals surface area contributed by atoms with E-state index in [2.05, 4.69) is 15.6 Å². The number of Topliss-reactive ketones (excluding diaryl/α,β-unsaturated/α-hetero) is 1. The van der Waals surface area contributed by atoms with Gasteiger partial charge in [0, 0.05) is 17.2 Å². The second-order valence-electron chi connectivity index (χ2n) is 5.69. The van der Waals surface area contributed by atoms with Crippen molar-refractivity contribution in [1.29, 1.82) is 0 Å². The second-order valence-corrected chi connectivity index (χ2v) is 5.69. The number of hydrogen-bond donors (Lipinski definition) is 2. The molecule has 0 aliphatic rings. The van der Waals surface area contributed by atoms with Gasteiger partial charge in [-0.2, -0.15) is 0 Å². The van der Waals surface area contributed by atoms with Crippen LogP contribution in [0.15, 0.2) is 42.6 Å². The summed E-state index contributed by atoms with van der Waals surface area (Å²) in [5, 5.41) is 6.05. The molecule has 1 amide bonds. The van der Waals surface area contributed by atoms with Crippen molar-refractivity contribution in [1.82, 2.24) is 4.98 Å². The molecule has 0 atom stereocenters. The van der Waals surface area contributed by atoms with Gasteiger partial charge in [0.2, 0.25) is 5.91 Å². The first kappa shape index (κ1) is 17.7. The molecule has 2 rings (SSSR count). The quantitative estimate of drug-likeness (QED) is 0.740. The van der Waals surface area contributed by atoms with Crippen molar-refractivity contribution in [3.05, 3.63) is 48.2 Å². The minimum Gasteiger partial charge on any atom is -0.354 e. The lowest BCUT2D eigenvalue weighted by Gasteiger charge is -2.12. The molecule has 0 saturated carbocycles. The van der Waals surface area contributed by atoms with Crippen molar-refractivity contribution in [3.8, 4) is 0 Å². The number of aromatic nitrogens is 1. The topological polar surface area (TPSA) is 71.1 Å². The summed E-state index contributed by atoms with van der Waals surface area (Å²) in [5.41, 5.74) is 2.36. The Balaban J connectivity index is 1.99. The van der Waals surface area contributed by atoms with Crippen LogP contribution in [-0.2, 0) is 4.79 Å². The van der Waals surface area contributed by atoms with E-state index in [0.717, 1.165) is 24.2 Å². The van der Waals surface area contributed by atoms with Crippen molar-refractivity contribution in [2.75, 3.05) is 10.6 Å².